The van der Waals surface area contributed by atoms with Crippen molar-refractivity contribution >= 4 is 102 Å². The summed E-state index contributed by atoms with van der Waals surface area (Å²) in [5.74, 6) is 26.6. The zero-order valence-corrected chi connectivity index (χ0v) is 86.1. The highest BCUT2D eigenvalue weighted by molar-refractivity contribution is 7.99. The van der Waals surface area contributed by atoms with Gasteiger partial charge < -0.3 is 0 Å². The number of rotatable bonds is 35. The maximum Gasteiger partial charge on any atom is 0.146 e. The molecule has 0 saturated heterocycles. The van der Waals surface area contributed by atoms with Gasteiger partial charge in [0.15, 0.2) is 0 Å². The Kier molecular flexibility index (Phi) is 36.2. The van der Waals surface area contributed by atoms with E-state index in [1.165, 1.54) is 122 Å². The smallest absolute Gasteiger partial charge is 0.146 e. The number of hydrogen-bond donors (Lipinski definition) is 0. The molecule has 122 heavy (non-hydrogen) atoms. The van der Waals surface area contributed by atoms with Crippen molar-refractivity contribution in [3.63, 3.8) is 0 Å². The maximum atomic E-state index is 3.94. The normalized spacial score (nSPS) is 12.5. The Morgan fingerprint density at radius 2 is 0.361 bits per heavy atom. The molecule has 0 aliphatic rings. The fraction of sp³-hybridized carbons (Fsp3) is 0.434. The van der Waals surface area contributed by atoms with Crippen LogP contribution in [0.1, 0.15) is 305 Å². The zero-order chi connectivity index (χ0) is 88.2. The summed E-state index contributed by atoms with van der Waals surface area (Å²) in [6, 6.07) is 82.3. The van der Waals surface area contributed by atoms with Crippen LogP contribution >= 0.6 is 94.1 Å². The molecule has 10 rings (SSSR count). The van der Waals surface area contributed by atoms with E-state index in [2.05, 4.69) is 449 Å². The van der Waals surface area contributed by atoms with Crippen molar-refractivity contribution in [1.29, 1.82) is 0 Å². The molecule has 0 saturated carbocycles. The molecule has 646 valence electrons. The Morgan fingerprint density at radius 3 is 0.541 bits per heavy atom. The molecule has 0 aliphatic heterocycles. The molecule has 0 bridgehead atoms. The summed E-state index contributed by atoms with van der Waals surface area (Å²) in [5, 5.41) is 0. The summed E-state index contributed by atoms with van der Waals surface area (Å²) in [4.78, 5) is 0. The molecule has 0 atom stereocenters. The monoisotopic (exact) mass is 1780 g/mol. The van der Waals surface area contributed by atoms with Crippen LogP contribution in [-0.2, 0) is 125 Å². The highest BCUT2D eigenvalue weighted by Gasteiger charge is 2.42. The third kappa shape index (κ3) is 31.1. The van der Waals surface area contributed by atoms with Crippen molar-refractivity contribution in [1.82, 2.24) is 0 Å². The van der Waals surface area contributed by atoms with E-state index in [0.29, 0.717) is 16.6 Å². The molecular weight excluding hydrogens is 1640 g/mol. The van der Waals surface area contributed by atoms with Gasteiger partial charge in [-0.2, -0.15) is 94.1 Å². The van der Waals surface area contributed by atoms with Crippen molar-refractivity contribution in [3.8, 4) is 23.3 Å². The molecule has 0 nitrogen and oxygen atoms in total. The lowest BCUT2D eigenvalue weighted by atomic mass is 9.85. The van der Waals surface area contributed by atoms with Crippen LogP contribution < -0.4 is 0 Å². The fourth-order valence-electron chi connectivity index (χ4n) is 16.0. The molecular formula is C113H142S8Si. The first kappa shape index (κ1) is 98.5. The third-order valence-electron chi connectivity index (χ3n) is 23.1. The lowest BCUT2D eigenvalue weighted by Crippen LogP contribution is -2.43. The minimum Gasteiger partial charge on any atom is -0.152 e. The van der Waals surface area contributed by atoms with Crippen LogP contribution in [0.3, 0.4) is 0 Å². The van der Waals surface area contributed by atoms with E-state index in [1.54, 1.807) is 0 Å². The minimum atomic E-state index is -1.87. The lowest BCUT2D eigenvalue weighted by Gasteiger charge is -2.38. The van der Waals surface area contributed by atoms with E-state index in [0.717, 1.165) is 109 Å². The molecule has 0 aliphatic carbocycles. The second kappa shape index (κ2) is 44.9. The molecule has 0 N–H and O–H groups in total. The van der Waals surface area contributed by atoms with Gasteiger partial charge in [0.25, 0.3) is 0 Å². The molecule has 0 amide bonds. The van der Waals surface area contributed by atoms with Crippen LogP contribution in [-0.4, -0.2) is 8.07 Å². The summed E-state index contributed by atoms with van der Waals surface area (Å²) < 4.78 is 0. The average molecular weight is 1790 g/mol. The van der Waals surface area contributed by atoms with E-state index in [1.807, 2.05) is 47.0 Å². The Morgan fingerprint density at radius 1 is 0.197 bits per heavy atom. The van der Waals surface area contributed by atoms with Gasteiger partial charge in [0.2, 0.25) is 0 Å². The zero-order valence-electron chi connectivity index (χ0n) is 78.5. The van der Waals surface area contributed by atoms with Crippen LogP contribution in [0.2, 0.25) is 16.6 Å². The highest BCUT2D eigenvalue weighted by Crippen LogP contribution is 2.43. The molecule has 0 radical (unpaired) electrons. The van der Waals surface area contributed by atoms with Gasteiger partial charge in [0.1, 0.15) is 8.07 Å². The number of thioether (sulfide) groups is 8. The summed E-state index contributed by atoms with van der Waals surface area (Å²) in [6.45, 7) is 56.9. The van der Waals surface area contributed by atoms with Gasteiger partial charge in [0, 0.05) is 109 Å². The summed E-state index contributed by atoms with van der Waals surface area (Å²) in [7, 11) is -1.87. The Bertz CT molecular complexity index is 4890. The Balaban J connectivity index is 0.818. The van der Waals surface area contributed by atoms with Gasteiger partial charge >= 0.3 is 0 Å². The van der Waals surface area contributed by atoms with Gasteiger partial charge in [-0.1, -0.05) is 360 Å². The van der Waals surface area contributed by atoms with E-state index in [-0.39, 0.29) is 32.5 Å². The lowest BCUT2D eigenvalue weighted by molar-refractivity contribution is 0.588. The third-order valence-corrected chi connectivity index (χ3v) is 38.0. The average Bonchev–Trinajstić information content (AvgIpc) is 0.795. The summed E-state index contributed by atoms with van der Waals surface area (Å²) in [6.07, 6.45) is 0. The second-order valence-electron chi connectivity index (χ2n) is 41.2. The fourth-order valence-corrected chi connectivity index (χ4v) is 28.5. The van der Waals surface area contributed by atoms with E-state index >= 15 is 0 Å². The predicted molar refractivity (Wildman–Crippen MR) is 561 cm³/mol. The van der Waals surface area contributed by atoms with Crippen LogP contribution in [0, 0.1) is 23.3 Å². The molecule has 0 fully saturated rings. The minimum absolute atomic E-state index is 0.0229. The maximum absolute atomic E-state index is 3.94. The number of benzene rings is 10. The predicted octanol–water partition coefficient (Wildman–Crippen LogP) is 33.9. The first-order chi connectivity index (χ1) is 57.6. The van der Waals surface area contributed by atoms with Gasteiger partial charge in [-0.3, -0.25) is 0 Å². The molecule has 0 heterocycles. The van der Waals surface area contributed by atoms with E-state index < -0.39 is 8.07 Å². The summed E-state index contributed by atoms with van der Waals surface area (Å²) >= 11 is 16.3. The standard InChI is InChI=1S/C113H142S8Si/c1-80(2)122(81(3)4,82(5)6)42-41-84-37-35-83(36-38-84)39-40-87-43-88(66-116-70-92-48-96(58-104(54-92)110(13,14)15)74-120-78-100-50-98(60-106(62-100)112(19,20)21)76-118-72-94-46-90(52-102(56-94)108(7,8)9)68-114-64-85-31-27-25-28-32-85)45-89(44-87)67-117-71-93-49-97(59-105(55-93)111(16,17)18)75-121-79-101-51-99(61-107(63-101)113(22,23)24)77-119-73-95-47-91(53-103(57-95)109(10,11)12)69-115-65-86-33-29-26-30-34-86/h25-38,43-63,80-82H,64-79H2,1-24H3. The van der Waals surface area contributed by atoms with E-state index in [4.69, 9.17) is 0 Å². The molecule has 0 unspecified atom stereocenters. The highest BCUT2D eigenvalue weighted by atomic mass is 32.2. The summed E-state index contributed by atoms with van der Waals surface area (Å²) in [5.41, 5.74) is 40.3. The quantitative estimate of drug-likeness (QED) is 0.0281. The first-order valence-corrected chi connectivity index (χ1v) is 55.8. The molecule has 10 aromatic rings. The van der Waals surface area contributed by atoms with Crippen LogP contribution in [0.5, 0.6) is 0 Å². The van der Waals surface area contributed by atoms with Crippen molar-refractivity contribution < 1.29 is 0 Å². The van der Waals surface area contributed by atoms with Crippen molar-refractivity contribution in [3.05, 3.63) is 351 Å². The second-order valence-corrected chi connectivity index (χ2v) is 54.6. The molecule has 10 aromatic carbocycles. The van der Waals surface area contributed by atoms with Crippen LogP contribution in [0.15, 0.2) is 212 Å². The van der Waals surface area contributed by atoms with Gasteiger partial charge in [-0.15, -0.1) is 5.54 Å². The largest absolute Gasteiger partial charge is 0.152 e. The van der Waals surface area contributed by atoms with Gasteiger partial charge in [-0.05, 0) is 208 Å². The van der Waals surface area contributed by atoms with Crippen molar-refractivity contribution in [2.24, 2.45) is 0 Å². The topological polar surface area (TPSA) is 0 Å². The number of hydrogen-bond acceptors (Lipinski definition) is 8. The van der Waals surface area contributed by atoms with Gasteiger partial charge in [0.05, 0.1) is 0 Å². The molecule has 0 aromatic heterocycles. The molecule has 9 heteroatoms. The van der Waals surface area contributed by atoms with Gasteiger partial charge in [-0.25, -0.2) is 0 Å². The van der Waals surface area contributed by atoms with Crippen molar-refractivity contribution in [2.45, 2.75) is 307 Å². The molecule has 0 spiro atoms. The Hall–Kier alpha value is -5.66. The van der Waals surface area contributed by atoms with Crippen molar-refractivity contribution in [2.75, 3.05) is 0 Å². The van der Waals surface area contributed by atoms with Crippen LogP contribution in [0.4, 0.5) is 0 Å². The van der Waals surface area contributed by atoms with E-state index in [9.17, 15) is 0 Å². The Labute approximate surface area is 777 Å². The SMILES string of the molecule is CC(C)[Si](C#Cc1ccc(C#Cc2cc(CSCc3cc(CSCc4cc(CSCc5cc(CSCc6ccccc6)cc(C(C)(C)C)c5)cc(C(C)(C)C)c4)cc(C(C)(C)C)c3)cc(CSCc3cc(CSCc4cc(CSCc5cc(CSCc6ccccc6)cc(C(C)(C)C)c5)cc(C(C)(C)C)c4)cc(C(C)(C)C)c3)c2)cc1)(C(C)C)C(C)C. The first-order valence-electron chi connectivity index (χ1n) is 44.4. The van der Waals surface area contributed by atoms with Crippen LogP contribution in [0.25, 0.3) is 0 Å².